The van der Waals surface area contributed by atoms with Crippen molar-refractivity contribution in [3.63, 3.8) is 0 Å². The molecule has 2 saturated carbocycles. The van der Waals surface area contributed by atoms with Crippen LogP contribution in [0.4, 0.5) is 0 Å². The van der Waals surface area contributed by atoms with Crippen molar-refractivity contribution in [3.05, 3.63) is 0 Å². The maximum Gasteiger partial charge on any atom is 0.0246 e. The van der Waals surface area contributed by atoms with Crippen LogP contribution in [0.1, 0.15) is 64.7 Å². The van der Waals surface area contributed by atoms with E-state index in [0.717, 1.165) is 18.0 Å². The second kappa shape index (κ2) is 7.49. The van der Waals surface area contributed by atoms with Gasteiger partial charge in [-0.3, -0.25) is 0 Å². The predicted molar refractivity (Wildman–Crippen MR) is 78.9 cm³/mol. The van der Waals surface area contributed by atoms with E-state index in [1.807, 2.05) is 0 Å². The highest BCUT2D eigenvalue weighted by atomic mass is 15.2. The summed E-state index contributed by atoms with van der Waals surface area (Å²) >= 11 is 0. The van der Waals surface area contributed by atoms with Crippen LogP contribution in [0.3, 0.4) is 0 Å². The highest BCUT2D eigenvalue weighted by Gasteiger charge is 2.30. The maximum absolute atomic E-state index is 3.82. The number of nitrogens with zero attached hydrogens (tertiary/aromatic N) is 1. The van der Waals surface area contributed by atoms with E-state index in [0.29, 0.717) is 0 Å². The van der Waals surface area contributed by atoms with Crippen LogP contribution in [0.15, 0.2) is 0 Å². The molecular formula is C16H32N2. The van der Waals surface area contributed by atoms with Crippen LogP contribution in [0.2, 0.25) is 0 Å². The minimum Gasteiger partial charge on any atom is -0.312 e. The van der Waals surface area contributed by atoms with Crippen LogP contribution in [-0.2, 0) is 0 Å². The minimum atomic E-state index is 0.744. The lowest BCUT2D eigenvalue weighted by Gasteiger charge is -2.37. The molecule has 0 aromatic carbocycles. The summed E-state index contributed by atoms with van der Waals surface area (Å²) in [5, 5.41) is 3.82. The molecule has 106 valence electrons. The summed E-state index contributed by atoms with van der Waals surface area (Å²) in [7, 11) is 2.37. The van der Waals surface area contributed by atoms with Crippen molar-refractivity contribution in [2.24, 2.45) is 5.92 Å². The molecule has 2 atom stereocenters. The Labute approximate surface area is 114 Å². The molecule has 2 rings (SSSR count). The van der Waals surface area contributed by atoms with Crippen molar-refractivity contribution >= 4 is 0 Å². The third kappa shape index (κ3) is 4.55. The first-order valence-electron chi connectivity index (χ1n) is 8.25. The molecule has 0 aromatic heterocycles. The van der Waals surface area contributed by atoms with Crippen molar-refractivity contribution in [1.82, 2.24) is 10.2 Å². The van der Waals surface area contributed by atoms with E-state index in [-0.39, 0.29) is 0 Å². The minimum absolute atomic E-state index is 0.744. The molecule has 2 fully saturated rings. The van der Waals surface area contributed by atoms with E-state index in [9.17, 15) is 0 Å². The Balaban J connectivity index is 1.88. The number of hydrogen-bond acceptors (Lipinski definition) is 2. The van der Waals surface area contributed by atoms with E-state index in [1.54, 1.807) is 0 Å². The van der Waals surface area contributed by atoms with Crippen molar-refractivity contribution in [3.8, 4) is 0 Å². The molecule has 0 bridgehead atoms. The Morgan fingerprint density at radius 3 is 2.39 bits per heavy atom. The lowest BCUT2D eigenvalue weighted by molar-refractivity contribution is 0.157. The van der Waals surface area contributed by atoms with Crippen molar-refractivity contribution in [2.75, 3.05) is 20.1 Å². The predicted octanol–water partition coefficient (Wildman–Crippen LogP) is 3.42. The van der Waals surface area contributed by atoms with Gasteiger partial charge < -0.3 is 10.2 Å². The molecule has 0 radical (unpaired) electrons. The van der Waals surface area contributed by atoms with Gasteiger partial charge in [0.2, 0.25) is 0 Å². The van der Waals surface area contributed by atoms with E-state index in [4.69, 9.17) is 0 Å². The van der Waals surface area contributed by atoms with Gasteiger partial charge in [0.25, 0.3) is 0 Å². The molecule has 1 N–H and O–H groups in total. The van der Waals surface area contributed by atoms with Crippen LogP contribution in [0.25, 0.3) is 0 Å². The normalized spacial score (nSPS) is 30.2. The summed E-state index contributed by atoms with van der Waals surface area (Å²) in [6.45, 7) is 4.81. The average Bonchev–Trinajstić information content (AvgIpc) is 3.11. The van der Waals surface area contributed by atoms with Crippen LogP contribution in [-0.4, -0.2) is 37.1 Å². The molecule has 0 heterocycles. The van der Waals surface area contributed by atoms with Gasteiger partial charge in [0.1, 0.15) is 0 Å². The molecular weight excluding hydrogens is 220 g/mol. The molecule has 2 aliphatic rings. The summed E-state index contributed by atoms with van der Waals surface area (Å²) in [5.74, 6) is 1.02. The summed E-state index contributed by atoms with van der Waals surface area (Å²) < 4.78 is 0. The fourth-order valence-corrected chi connectivity index (χ4v) is 3.40. The van der Waals surface area contributed by atoms with E-state index in [2.05, 4.69) is 24.2 Å². The van der Waals surface area contributed by atoms with Crippen molar-refractivity contribution in [2.45, 2.75) is 76.8 Å². The Hall–Kier alpha value is -0.0800. The Morgan fingerprint density at radius 2 is 1.72 bits per heavy atom. The van der Waals surface area contributed by atoms with E-state index < -0.39 is 0 Å². The zero-order valence-corrected chi connectivity index (χ0v) is 12.5. The summed E-state index contributed by atoms with van der Waals surface area (Å²) in [4.78, 5) is 2.68. The number of likely N-dealkylation sites (N-methyl/N-ethyl adjacent to an activating group) is 1. The topological polar surface area (TPSA) is 15.3 Å². The van der Waals surface area contributed by atoms with Crippen molar-refractivity contribution < 1.29 is 0 Å². The second-order valence-corrected chi connectivity index (χ2v) is 6.50. The molecule has 0 aliphatic heterocycles. The molecule has 0 amide bonds. The van der Waals surface area contributed by atoms with Gasteiger partial charge >= 0.3 is 0 Å². The maximum atomic E-state index is 3.82. The van der Waals surface area contributed by atoms with Gasteiger partial charge in [0.15, 0.2) is 0 Å². The first-order valence-corrected chi connectivity index (χ1v) is 8.25. The molecule has 0 spiro atoms. The zero-order chi connectivity index (χ0) is 12.8. The molecule has 2 heteroatoms. The summed E-state index contributed by atoms with van der Waals surface area (Å²) in [6.07, 6.45) is 12.8. The van der Waals surface area contributed by atoms with Crippen LogP contribution in [0.5, 0.6) is 0 Å². The van der Waals surface area contributed by atoms with Crippen LogP contribution >= 0.6 is 0 Å². The molecule has 18 heavy (non-hydrogen) atoms. The van der Waals surface area contributed by atoms with Gasteiger partial charge in [-0.2, -0.15) is 0 Å². The lowest BCUT2D eigenvalue weighted by atomic mass is 9.91. The fraction of sp³-hybridized carbons (Fsp3) is 1.00. The molecule has 2 unspecified atom stereocenters. The Morgan fingerprint density at radius 1 is 1.00 bits per heavy atom. The summed E-state index contributed by atoms with van der Waals surface area (Å²) in [6, 6.07) is 1.53. The molecule has 2 aliphatic carbocycles. The van der Waals surface area contributed by atoms with Gasteiger partial charge in [0.05, 0.1) is 0 Å². The van der Waals surface area contributed by atoms with Crippen LogP contribution < -0.4 is 5.32 Å². The largest absolute Gasteiger partial charge is 0.312 e. The number of rotatable bonds is 6. The second-order valence-electron chi connectivity index (χ2n) is 6.50. The Bertz CT molecular complexity index is 223. The van der Waals surface area contributed by atoms with E-state index in [1.165, 1.54) is 70.9 Å². The lowest BCUT2D eigenvalue weighted by Crippen LogP contribution is -2.49. The van der Waals surface area contributed by atoms with Gasteiger partial charge in [0, 0.05) is 18.6 Å². The van der Waals surface area contributed by atoms with Crippen LogP contribution in [0, 0.1) is 5.92 Å². The highest BCUT2D eigenvalue weighted by molar-refractivity contribution is 4.87. The first kappa shape index (κ1) is 14.3. The Kier molecular flexibility index (Phi) is 5.97. The monoisotopic (exact) mass is 252 g/mol. The SMILES string of the molecule is CCCNC1CCCCCCC1N(C)CC1CC1. The molecule has 2 nitrogen and oxygen atoms in total. The quantitative estimate of drug-likeness (QED) is 0.779. The number of hydrogen-bond donors (Lipinski definition) is 1. The van der Waals surface area contributed by atoms with Gasteiger partial charge in [-0.15, -0.1) is 0 Å². The molecule has 0 saturated heterocycles. The average molecular weight is 252 g/mol. The smallest absolute Gasteiger partial charge is 0.0246 e. The van der Waals surface area contributed by atoms with Gasteiger partial charge in [-0.05, 0) is 51.6 Å². The zero-order valence-electron chi connectivity index (χ0n) is 12.5. The first-order chi connectivity index (χ1) is 8.81. The van der Waals surface area contributed by atoms with Crippen molar-refractivity contribution in [1.29, 1.82) is 0 Å². The van der Waals surface area contributed by atoms with Gasteiger partial charge in [-0.1, -0.05) is 32.6 Å². The highest BCUT2D eigenvalue weighted by Crippen LogP contribution is 2.31. The third-order valence-electron chi connectivity index (χ3n) is 4.70. The number of nitrogens with one attached hydrogen (secondary N) is 1. The van der Waals surface area contributed by atoms with E-state index >= 15 is 0 Å². The van der Waals surface area contributed by atoms with Gasteiger partial charge in [-0.25, -0.2) is 0 Å². The molecule has 0 aromatic rings. The summed E-state index contributed by atoms with van der Waals surface area (Å²) in [5.41, 5.74) is 0. The standard InChI is InChI=1S/C16H32N2/c1-3-12-17-15-8-6-4-5-7-9-16(15)18(2)13-14-10-11-14/h14-17H,3-13H2,1-2H3. The third-order valence-corrected chi connectivity index (χ3v) is 4.70. The fourth-order valence-electron chi connectivity index (χ4n) is 3.40.